The normalized spacial score (nSPS) is 10.4. The molecule has 3 rings (SSSR count). The molecule has 144 valence electrons. The number of hydrogen-bond acceptors (Lipinski definition) is 8. The first-order valence-electron chi connectivity index (χ1n) is 8.47. The van der Waals surface area contributed by atoms with Gasteiger partial charge >= 0.3 is 5.88 Å². The summed E-state index contributed by atoms with van der Waals surface area (Å²) in [6.07, 6.45) is 0. The lowest BCUT2D eigenvalue weighted by molar-refractivity contribution is -0.402. The Bertz CT molecular complexity index is 1000. The summed E-state index contributed by atoms with van der Waals surface area (Å²) >= 11 is 0. The van der Waals surface area contributed by atoms with E-state index >= 15 is 0 Å². The lowest BCUT2D eigenvalue weighted by Gasteiger charge is -2.10. The van der Waals surface area contributed by atoms with Crippen LogP contribution in [0.3, 0.4) is 0 Å². The fourth-order valence-corrected chi connectivity index (χ4v) is 2.40. The highest BCUT2D eigenvalue weighted by Crippen LogP contribution is 2.21. The van der Waals surface area contributed by atoms with Gasteiger partial charge in [0.05, 0.1) is 6.07 Å². The van der Waals surface area contributed by atoms with Gasteiger partial charge in [-0.1, -0.05) is 0 Å². The number of aromatic nitrogens is 2. The van der Waals surface area contributed by atoms with Gasteiger partial charge in [0.15, 0.2) is 5.76 Å². The fourth-order valence-electron chi connectivity index (χ4n) is 2.40. The van der Waals surface area contributed by atoms with Crippen LogP contribution in [0.2, 0.25) is 0 Å². The second-order valence-electron chi connectivity index (χ2n) is 5.80. The van der Waals surface area contributed by atoms with E-state index in [4.69, 9.17) is 4.42 Å². The highest BCUT2D eigenvalue weighted by atomic mass is 16.6. The molecule has 3 aromatic rings. The van der Waals surface area contributed by atoms with Gasteiger partial charge in [0.1, 0.15) is 10.7 Å². The molecule has 0 atom stereocenters. The van der Waals surface area contributed by atoms with Crippen molar-refractivity contribution >= 4 is 34.9 Å². The third-order valence-electron chi connectivity index (χ3n) is 3.60. The average Bonchev–Trinajstić information content (AvgIpc) is 3.14. The van der Waals surface area contributed by atoms with Crippen LogP contribution in [0.25, 0.3) is 0 Å². The van der Waals surface area contributed by atoms with E-state index in [9.17, 15) is 14.9 Å². The molecule has 0 bridgehead atoms. The molecule has 0 aliphatic rings. The molecule has 0 aliphatic carbocycles. The predicted molar refractivity (Wildman–Crippen MR) is 104 cm³/mol. The van der Waals surface area contributed by atoms with E-state index in [1.807, 2.05) is 19.9 Å². The second kappa shape index (κ2) is 8.16. The van der Waals surface area contributed by atoms with Crippen LogP contribution in [-0.2, 0) is 0 Å². The van der Waals surface area contributed by atoms with Crippen molar-refractivity contribution in [2.24, 2.45) is 0 Å². The number of nitrogens with one attached hydrogen (secondary N) is 3. The summed E-state index contributed by atoms with van der Waals surface area (Å²) in [4.78, 5) is 30.7. The molecule has 1 amide bonds. The monoisotopic (exact) mass is 382 g/mol. The smallest absolute Gasteiger partial charge is 0.395 e. The maximum Gasteiger partial charge on any atom is 0.433 e. The van der Waals surface area contributed by atoms with Crippen molar-refractivity contribution in [2.75, 3.05) is 22.5 Å². The van der Waals surface area contributed by atoms with Gasteiger partial charge in [-0.25, -0.2) is 4.98 Å². The van der Waals surface area contributed by atoms with Gasteiger partial charge in [-0.2, -0.15) is 4.98 Å². The van der Waals surface area contributed by atoms with Gasteiger partial charge in [-0.15, -0.1) is 0 Å². The van der Waals surface area contributed by atoms with Crippen LogP contribution in [0.5, 0.6) is 0 Å². The molecule has 2 heterocycles. The number of hydrogen-bond donors (Lipinski definition) is 3. The molecule has 1 aromatic carbocycles. The topological polar surface area (TPSA) is 135 Å². The number of nitrogens with zero attached hydrogens (tertiary/aromatic N) is 3. The number of carbonyl (C=O) groups is 1. The summed E-state index contributed by atoms with van der Waals surface area (Å²) in [6.45, 7) is 4.56. The SMILES string of the molecule is CCNc1nc(C)cc(Nc2ccc(NC(=O)c3ccc([N+](=O)[O-])o3)cc2)n1. The molecule has 0 saturated heterocycles. The Morgan fingerprint density at radius 3 is 2.50 bits per heavy atom. The maximum atomic E-state index is 12.1. The van der Waals surface area contributed by atoms with Crippen molar-refractivity contribution in [1.29, 1.82) is 0 Å². The molecule has 0 aliphatic heterocycles. The number of furan rings is 1. The standard InChI is InChI=1S/C18H18N6O4/c1-3-19-18-20-11(2)10-15(23-18)21-12-4-6-13(7-5-12)22-17(25)14-8-9-16(28-14)24(26)27/h4-10H,3H2,1-2H3,(H,22,25)(H2,19,20,21,23). The van der Waals surface area contributed by atoms with Crippen molar-refractivity contribution in [1.82, 2.24) is 9.97 Å². The van der Waals surface area contributed by atoms with Crippen molar-refractivity contribution in [3.63, 3.8) is 0 Å². The second-order valence-corrected chi connectivity index (χ2v) is 5.80. The molecule has 10 nitrogen and oxygen atoms in total. The highest BCUT2D eigenvalue weighted by Gasteiger charge is 2.17. The van der Waals surface area contributed by atoms with Gasteiger partial charge in [0.25, 0.3) is 5.91 Å². The van der Waals surface area contributed by atoms with Crippen LogP contribution >= 0.6 is 0 Å². The summed E-state index contributed by atoms with van der Waals surface area (Å²) < 4.78 is 4.88. The van der Waals surface area contributed by atoms with Gasteiger partial charge in [0.2, 0.25) is 5.95 Å². The number of carbonyl (C=O) groups excluding carboxylic acids is 1. The lowest BCUT2D eigenvalue weighted by Crippen LogP contribution is -2.10. The minimum absolute atomic E-state index is 0.138. The van der Waals surface area contributed by atoms with E-state index in [1.165, 1.54) is 6.07 Å². The zero-order valence-electron chi connectivity index (χ0n) is 15.2. The molecule has 10 heteroatoms. The Kier molecular flexibility index (Phi) is 5.49. The molecular formula is C18H18N6O4. The van der Waals surface area contributed by atoms with E-state index in [-0.39, 0.29) is 5.76 Å². The third-order valence-corrected chi connectivity index (χ3v) is 3.60. The Morgan fingerprint density at radius 1 is 1.14 bits per heavy atom. The quantitative estimate of drug-likeness (QED) is 0.416. The van der Waals surface area contributed by atoms with Gasteiger partial charge in [-0.3, -0.25) is 14.9 Å². The van der Waals surface area contributed by atoms with Crippen molar-refractivity contribution in [3.8, 4) is 0 Å². The summed E-state index contributed by atoms with van der Waals surface area (Å²) in [5.41, 5.74) is 2.11. The van der Waals surface area contributed by atoms with Crippen molar-refractivity contribution < 1.29 is 14.1 Å². The first-order valence-corrected chi connectivity index (χ1v) is 8.47. The molecule has 0 radical (unpaired) electrons. The van der Waals surface area contributed by atoms with E-state index in [0.717, 1.165) is 24.0 Å². The van der Waals surface area contributed by atoms with Crippen LogP contribution in [0.4, 0.5) is 29.0 Å². The maximum absolute atomic E-state index is 12.1. The van der Waals surface area contributed by atoms with E-state index < -0.39 is 16.7 Å². The summed E-state index contributed by atoms with van der Waals surface area (Å²) in [5.74, 6) is -0.0110. The molecule has 0 unspecified atom stereocenters. The molecule has 0 spiro atoms. The number of aryl methyl sites for hydroxylation is 1. The predicted octanol–water partition coefficient (Wildman–Crippen LogP) is 3.71. The summed E-state index contributed by atoms with van der Waals surface area (Å²) in [6, 6.07) is 11.1. The number of amides is 1. The fraction of sp³-hybridized carbons (Fsp3) is 0.167. The molecule has 28 heavy (non-hydrogen) atoms. The van der Waals surface area contributed by atoms with Gasteiger partial charge < -0.3 is 20.4 Å². The lowest BCUT2D eigenvalue weighted by atomic mass is 10.2. The third kappa shape index (κ3) is 4.61. The first kappa shape index (κ1) is 18.8. The number of nitro groups is 1. The van der Waals surface area contributed by atoms with Gasteiger partial charge in [-0.05, 0) is 44.2 Å². The highest BCUT2D eigenvalue weighted by molar-refractivity contribution is 6.02. The average molecular weight is 382 g/mol. The van der Waals surface area contributed by atoms with Crippen molar-refractivity contribution in [3.05, 3.63) is 64.0 Å². The largest absolute Gasteiger partial charge is 0.433 e. The van der Waals surface area contributed by atoms with E-state index in [1.54, 1.807) is 24.3 Å². The molecule has 0 saturated carbocycles. The molecular weight excluding hydrogens is 364 g/mol. The first-order chi connectivity index (χ1) is 13.4. The molecule has 0 fully saturated rings. The van der Waals surface area contributed by atoms with Gasteiger partial charge in [0, 0.05) is 29.7 Å². The minimum atomic E-state index is -0.701. The van der Waals surface area contributed by atoms with Crippen LogP contribution in [-0.4, -0.2) is 27.3 Å². The van der Waals surface area contributed by atoms with Crippen LogP contribution < -0.4 is 16.0 Å². The Labute approximate surface area is 160 Å². The summed E-state index contributed by atoms with van der Waals surface area (Å²) in [5, 5.41) is 19.5. The Balaban J connectivity index is 1.66. The number of rotatable bonds is 7. The zero-order valence-corrected chi connectivity index (χ0v) is 15.2. The van der Waals surface area contributed by atoms with Crippen LogP contribution in [0.15, 0.2) is 46.9 Å². The number of benzene rings is 1. The van der Waals surface area contributed by atoms with Crippen LogP contribution in [0, 0.1) is 17.0 Å². The molecule has 2 aromatic heterocycles. The Hall–Kier alpha value is -3.95. The van der Waals surface area contributed by atoms with Crippen LogP contribution in [0.1, 0.15) is 23.2 Å². The number of anilines is 4. The van der Waals surface area contributed by atoms with E-state index in [2.05, 4.69) is 25.9 Å². The van der Waals surface area contributed by atoms with Crippen molar-refractivity contribution in [2.45, 2.75) is 13.8 Å². The minimum Gasteiger partial charge on any atom is -0.395 e. The zero-order chi connectivity index (χ0) is 20.1. The van der Waals surface area contributed by atoms with E-state index in [0.29, 0.717) is 17.5 Å². The Morgan fingerprint density at radius 2 is 1.86 bits per heavy atom. The summed E-state index contributed by atoms with van der Waals surface area (Å²) in [7, 11) is 0. The molecule has 3 N–H and O–H groups in total.